The van der Waals surface area contributed by atoms with Gasteiger partial charge in [0.2, 0.25) is 4.77 Å². The second-order valence-corrected chi connectivity index (χ2v) is 6.54. The molecule has 0 aliphatic rings. The molecule has 0 atom stereocenters. The number of nitrogens with zero attached hydrogens (tertiary/aromatic N) is 4. The average molecular weight is 363 g/mol. The molecule has 0 amide bonds. The molecule has 3 rings (SSSR count). The van der Waals surface area contributed by atoms with Crippen LogP contribution in [0.3, 0.4) is 0 Å². The van der Waals surface area contributed by atoms with E-state index < -0.39 is 0 Å². The Balaban J connectivity index is 1.88. The average Bonchev–Trinajstić information content (AvgIpc) is 3.01. The molecule has 26 heavy (non-hydrogen) atoms. The molecule has 6 heteroatoms. The van der Waals surface area contributed by atoms with E-state index in [4.69, 9.17) is 12.2 Å². The normalized spacial score (nSPS) is 11.9. The Morgan fingerprint density at radius 3 is 2.46 bits per heavy atom. The third kappa shape index (κ3) is 4.15. The molecule has 1 heterocycles. The summed E-state index contributed by atoms with van der Waals surface area (Å²) in [7, 11) is 4.02. The Labute approximate surface area is 158 Å². The number of hydrogen-bond acceptors (Lipinski definition) is 4. The van der Waals surface area contributed by atoms with Gasteiger partial charge in [-0.3, -0.25) is 0 Å². The molecule has 3 aromatic rings. The summed E-state index contributed by atoms with van der Waals surface area (Å²) in [5, 5.41) is 11.7. The van der Waals surface area contributed by atoms with Crippen LogP contribution in [0.2, 0.25) is 0 Å². The summed E-state index contributed by atoms with van der Waals surface area (Å²) in [6, 6.07) is 18.2. The number of aromatic nitrogens is 3. The molecular weight excluding hydrogens is 342 g/mol. The maximum atomic E-state index is 5.33. The van der Waals surface area contributed by atoms with Gasteiger partial charge in [0.05, 0.1) is 6.21 Å². The molecule has 0 aliphatic heterocycles. The Bertz CT molecular complexity index is 979. The van der Waals surface area contributed by atoms with Gasteiger partial charge in [-0.2, -0.15) is 14.9 Å². The molecule has 0 bridgehead atoms. The van der Waals surface area contributed by atoms with E-state index in [2.05, 4.69) is 38.4 Å². The lowest BCUT2D eigenvalue weighted by Crippen LogP contribution is -2.08. The van der Waals surface area contributed by atoms with E-state index in [1.807, 2.05) is 63.5 Å². The monoisotopic (exact) mass is 363 g/mol. The third-order valence-electron chi connectivity index (χ3n) is 3.86. The van der Waals surface area contributed by atoms with Crippen LogP contribution in [0.5, 0.6) is 0 Å². The maximum Gasteiger partial charge on any atom is 0.216 e. The number of hydrogen-bond donors (Lipinski definition) is 1. The zero-order valence-electron chi connectivity index (χ0n) is 15.0. The van der Waals surface area contributed by atoms with Gasteiger partial charge in [-0.15, -0.1) is 0 Å². The van der Waals surface area contributed by atoms with Crippen LogP contribution in [0.25, 0.3) is 17.5 Å². The van der Waals surface area contributed by atoms with Crippen molar-refractivity contribution in [2.75, 3.05) is 19.0 Å². The van der Waals surface area contributed by atoms with Crippen molar-refractivity contribution >= 4 is 30.2 Å². The van der Waals surface area contributed by atoms with E-state index in [0.717, 1.165) is 22.4 Å². The summed E-state index contributed by atoms with van der Waals surface area (Å²) in [5.41, 5.74) is 4.23. The van der Waals surface area contributed by atoms with E-state index in [1.54, 1.807) is 10.9 Å². The van der Waals surface area contributed by atoms with E-state index in [9.17, 15) is 0 Å². The lowest BCUT2D eigenvalue weighted by atomic mass is 10.1. The highest BCUT2D eigenvalue weighted by atomic mass is 32.1. The van der Waals surface area contributed by atoms with Gasteiger partial charge in [0, 0.05) is 25.3 Å². The molecular formula is C20H21N5S. The highest BCUT2D eigenvalue weighted by Gasteiger charge is 2.08. The van der Waals surface area contributed by atoms with Gasteiger partial charge in [0.1, 0.15) is 0 Å². The number of anilines is 1. The topological polar surface area (TPSA) is 49.2 Å². The number of nitrogens with one attached hydrogen (secondary N) is 1. The summed E-state index contributed by atoms with van der Waals surface area (Å²) in [4.78, 5) is 2.05. The predicted octanol–water partition coefficient (Wildman–Crippen LogP) is 4.61. The van der Waals surface area contributed by atoms with Gasteiger partial charge in [0.25, 0.3) is 0 Å². The molecule has 0 radical (unpaired) electrons. The summed E-state index contributed by atoms with van der Waals surface area (Å²) >= 11 is 5.33. The van der Waals surface area contributed by atoms with Crippen molar-refractivity contribution in [1.82, 2.24) is 14.9 Å². The Kier molecular flexibility index (Phi) is 5.43. The second kappa shape index (κ2) is 7.93. The lowest BCUT2D eigenvalue weighted by molar-refractivity contribution is 0.871. The van der Waals surface area contributed by atoms with Crippen LogP contribution in [-0.4, -0.2) is 35.2 Å². The van der Waals surface area contributed by atoms with Crippen molar-refractivity contribution in [3.8, 4) is 11.4 Å². The zero-order chi connectivity index (χ0) is 18.5. The summed E-state index contributed by atoms with van der Waals surface area (Å²) in [5.74, 6) is 0.684. The van der Waals surface area contributed by atoms with Crippen LogP contribution < -0.4 is 4.90 Å². The molecule has 0 fully saturated rings. The van der Waals surface area contributed by atoms with Crippen molar-refractivity contribution in [3.05, 3.63) is 70.5 Å². The fourth-order valence-corrected chi connectivity index (χ4v) is 2.67. The van der Waals surface area contributed by atoms with Crippen molar-refractivity contribution in [2.45, 2.75) is 6.92 Å². The van der Waals surface area contributed by atoms with E-state index in [-0.39, 0.29) is 0 Å². The Morgan fingerprint density at radius 2 is 1.81 bits per heavy atom. The number of benzene rings is 2. The van der Waals surface area contributed by atoms with Crippen LogP contribution in [0.4, 0.5) is 5.69 Å². The number of rotatable bonds is 5. The minimum atomic E-state index is 0.459. The summed E-state index contributed by atoms with van der Waals surface area (Å²) in [6.45, 7) is 2.01. The first-order chi connectivity index (χ1) is 12.5. The largest absolute Gasteiger partial charge is 0.378 e. The van der Waals surface area contributed by atoms with Crippen LogP contribution in [0, 0.1) is 4.77 Å². The molecule has 0 aliphatic carbocycles. The highest BCUT2D eigenvalue weighted by Crippen LogP contribution is 2.21. The minimum absolute atomic E-state index is 0.459. The standard InChI is InChI=1S/C20H21N5S/c1-15(13-16-7-5-4-6-8-16)14-21-25-19(22-23-20(25)26)17-9-11-18(12-10-17)24(2)3/h4-14H,1-3H3,(H,23,26). The van der Waals surface area contributed by atoms with Crippen molar-refractivity contribution in [1.29, 1.82) is 0 Å². The van der Waals surface area contributed by atoms with E-state index in [0.29, 0.717) is 10.6 Å². The Morgan fingerprint density at radius 1 is 1.12 bits per heavy atom. The molecule has 5 nitrogen and oxygen atoms in total. The molecule has 0 spiro atoms. The number of aromatic amines is 1. The first-order valence-electron chi connectivity index (χ1n) is 8.27. The molecule has 2 aromatic carbocycles. The fourth-order valence-electron chi connectivity index (χ4n) is 2.49. The lowest BCUT2D eigenvalue weighted by Gasteiger charge is -2.12. The van der Waals surface area contributed by atoms with Crippen LogP contribution >= 0.6 is 12.2 Å². The highest BCUT2D eigenvalue weighted by molar-refractivity contribution is 7.71. The predicted molar refractivity (Wildman–Crippen MR) is 111 cm³/mol. The first kappa shape index (κ1) is 17.8. The van der Waals surface area contributed by atoms with Crippen LogP contribution in [-0.2, 0) is 0 Å². The van der Waals surface area contributed by atoms with Crippen molar-refractivity contribution in [2.24, 2.45) is 5.10 Å². The number of H-pyrrole nitrogens is 1. The SMILES string of the molecule is CC(C=Nn1c(-c2ccc(N(C)C)cc2)n[nH]c1=S)=Cc1ccccc1. The summed E-state index contributed by atoms with van der Waals surface area (Å²) in [6.07, 6.45) is 3.86. The zero-order valence-corrected chi connectivity index (χ0v) is 15.9. The fraction of sp³-hybridized carbons (Fsp3) is 0.150. The maximum absolute atomic E-state index is 5.33. The van der Waals surface area contributed by atoms with Gasteiger partial charge < -0.3 is 4.90 Å². The molecule has 1 aromatic heterocycles. The van der Waals surface area contributed by atoms with Crippen molar-refractivity contribution < 1.29 is 0 Å². The third-order valence-corrected chi connectivity index (χ3v) is 4.13. The molecule has 0 unspecified atom stereocenters. The Hall–Kier alpha value is -2.99. The van der Waals surface area contributed by atoms with E-state index >= 15 is 0 Å². The molecule has 132 valence electrons. The molecule has 0 saturated heterocycles. The van der Waals surface area contributed by atoms with E-state index in [1.165, 1.54) is 0 Å². The molecule has 1 N–H and O–H groups in total. The van der Waals surface area contributed by atoms with Crippen LogP contribution in [0.1, 0.15) is 12.5 Å². The van der Waals surface area contributed by atoms with Crippen molar-refractivity contribution in [3.63, 3.8) is 0 Å². The van der Waals surface area contributed by atoms with Gasteiger partial charge in [-0.05, 0) is 54.5 Å². The molecule has 0 saturated carbocycles. The second-order valence-electron chi connectivity index (χ2n) is 6.15. The first-order valence-corrected chi connectivity index (χ1v) is 8.68. The quantitative estimate of drug-likeness (QED) is 0.532. The van der Waals surface area contributed by atoms with Gasteiger partial charge in [-0.1, -0.05) is 36.4 Å². The van der Waals surface area contributed by atoms with Gasteiger partial charge in [0.15, 0.2) is 5.82 Å². The van der Waals surface area contributed by atoms with Gasteiger partial charge >= 0.3 is 0 Å². The number of allylic oxidation sites excluding steroid dienone is 1. The summed E-state index contributed by atoms with van der Waals surface area (Å²) < 4.78 is 2.10. The minimum Gasteiger partial charge on any atom is -0.378 e. The van der Waals surface area contributed by atoms with Crippen LogP contribution in [0.15, 0.2) is 65.3 Å². The van der Waals surface area contributed by atoms with Gasteiger partial charge in [-0.25, -0.2) is 5.10 Å². The smallest absolute Gasteiger partial charge is 0.216 e.